The first-order valence-electron chi connectivity index (χ1n) is 8.39. The summed E-state index contributed by atoms with van der Waals surface area (Å²) in [6.45, 7) is 0.394. The van der Waals surface area contributed by atoms with E-state index in [0.29, 0.717) is 18.0 Å². The molecule has 128 valence electrons. The van der Waals surface area contributed by atoms with Gasteiger partial charge < -0.3 is 21.4 Å². The van der Waals surface area contributed by atoms with Gasteiger partial charge in [-0.15, -0.1) is 0 Å². The minimum atomic E-state index is -0.382. The number of nitrogens with two attached hydrogens (primary N) is 2. The number of rotatable bonds is 5. The fraction of sp³-hybridized carbons (Fsp3) is 0.471. The highest BCUT2D eigenvalue weighted by molar-refractivity contribution is 5.94. The molecule has 3 rings (SSSR count). The van der Waals surface area contributed by atoms with E-state index in [1.807, 2.05) is 18.2 Å². The summed E-state index contributed by atoms with van der Waals surface area (Å²) < 4.78 is 1.76. The Bertz CT molecular complexity index is 762. The third-order valence-electron chi connectivity index (χ3n) is 4.60. The molecule has 1 aromatic carbocycles. The predicted molar refractivity (Wildman–Crippen MR) is 93.2 cm³/mol. The Balaban J connectivity index is 1.76. The zero-order chi connectivity index (χ0) is 17.1. The van der Waals surface area contributed by atoms with Crippen molar-refractivity contribution in [2.45, 2.75) is 45.1 Å². The minimum absolute atomic E-state index is 0.0789. The van der Waals surface area contributed by atoms with Gasteiger partial charge in [0.15, 0.2) is 0 Å². The summed E-state index contributed by atoms with van der Waals surface area (Å²) >= 11 is 0. The molecular formula is C17H23N5O2. The third-order valence-corrected chi connectivity index (χ3v) is 4.60. The van der Waals surface area contributed by atoms with Crippen LogP contribution in [0.4, 0.5) is 11.6 Å². The molecule has 1 aliphatic carbocycles. The number of aryl methyl sites for hydroxylation is 1. The Hall–Kier alpha value is -2.57. The number of nitrogens with zero attached hydrogens (tertiary/aromatic N) is 2. The van der Waals surface area contributed by atoms with Gasteiger partial charge in [0.25, 0.3) is 0 Å². The summed E-state index contributed by atoms with van der Waals surface area (Å²) in [7, 11) is 0. The smallest absolute Gasteiger partial charge is 0.227 e. The molecule has 1 fully saturated rings. The number of imidazole rings is 1. The van der Waals surface area contributed by atoms with Crippen molar-refractivity contribution in [1.82, 2.24) is 9.55 Å². The molecule has 0 bridgehead atoms. The van der Waals surface area contributed by atoms with Gasteiger partial charge in [0.2, 0.25) is 17.8 Å². The highest BCUT2D eigenvalue weighted by atomic mass is 16.2. The molecule has 5 N–H and O–H groups in total. The normalized spacial score (nSPS) is 15.5. The highest BCUT2D eigenvalue weighted by Gasteiger charge is 2.21. The molecule has 2 aromatic rings. The summed E-state index contributed by atoms with van der Waals surface area (Å²) in [6.07, 6.45) is 5.59. The molecule has 1 saturated carbocycles. The maximum atomic E-state index is 12.3. The van der Waals surface area contributed by atoms with E-state index in [0.717, 1.165) is 36.9 Å². The molecule has 0 saturated heterocycles. The molecule has 7 heteroatoms. The van der Waals surface area contributed by atoms with E-state index >= 15 is 0 Å². The van der Waals surface area contributed by atoms with Crippen molar-refractivity contribution >= 4 is 34.5 Å². The van der Waals surface area contributed by atoms with Crippen molar-refractivity contribution in [2.24, 2.45) is 11.7 Å². The predicted octanol–water partition coefficient (Wildman–Crippen LogP) is 2.01. The van der Waals surface area contributed by atoms with E-state index < -0.39 is 0 Å². The Morgan fingerprint density at radius 1 is 1.25 bits per heavy atom. The molecule has 24 heavy (non-hydrogen) atoms. The molecule has 2 amide bonds. The number of primary amides is 1. The second-order valence-electron chi connectivity index (χ2n) is 6.37. The van der Waals surface area contributed by atoms with E-state index in [2.05, 4.69) is 10.3 Å². The summed E-state index contributed by atoms with van der Waals surface area (Å²) in [4.78, 5) is 27.6. The third kappa shape index (κ3) is 3.50. The van der Waals surface area contributed by atoms with E-state index in [1.165, 1.54) is 6.42 Å². The van der Waals surface area contributed by atoms with Gasteiger partial charge >= 0.3 is 0 Å². The maximum absolute atomic E-state index is 12.3. The summed E-state index contributed by atoms with van der Waals surface area (Å²) in [5.41, 5.74) is 13.3. The van der Waals surface area contributed by atoms with Crippen molar-refractivity contribution in [3.05, 3.63) is 18.2 Å². The van der Waals surface area contributed by atoms with Crippen molar-refractivity contribution in [3.8, 4) is 0 Å². The highest BCUT2D eigenvalue weighted by Crippen LogP contribution is 2.26. The van der Waals surface area contributed by atoms with Gasteiger partial charge in [-0.25, -0.2) is 4.98 Å². The summed E-state index contributed by atoms with van der Waals surface area (Å²) in [5, 5.41) is 2.98. The molecule has 0 atom stereocenters. The lowest BCUT2D eigenvalue weighted by Gasteiger charge is -2.20. The van der Waals surface area contributed by atoms with E-state index in [4.69, 9.17) is 11.5 Å². The molecule has 0 aliphatic heterocycles. The lowest BCUT2D eigenvalue weighted by molar-refractivity contribution is -0.121. The lowest BCUT2D eigenvalue weighted by Crippen LogP contribution is -2.24. The van der Waals surface area contributed by atoms with Gasteiger partial charge in [-0.2, -0.15) is 0 Å². The number of hydrogen-bond donors (Lipinski definition) is 3. The molecule has 7 nitrogen and oxygen atoms in total. The Morgan fingerprint density at radius 2 is 2.00 bits per heavy atom. The number of anilines is 2. The van der Waals surface area contributed by atoms with Gasteiger partial charge in [-0.3, -0.25) is 9.59 Å². The van der Waals surface area contributed by atoms with Crippen LogP contribution in [0.15, 0.2) is 18.2 Å². The topological polar surface area (TPSA) is 116 Å². The number of aromatic nitrogens is 2. The zero-order valence-electron chi connectivity index (χ0n) is 13.6. The first-order valence-corrected chi connectivity index (χ1v) is 8.39. The molecule has 0 unspecified atom stereocenters. The molecule has 1 aliphatic rings. The van der Waals surface area contributed by atoms with Crippen LogP contribution < -0.4 is 16.8 Å². The van der Waals surface area contributed by atoms with Crippen LogP contribution >= 0.6 is 0 Å². The average molecular weight is 329 g/mol. The summed E-state index contributed by atoms with van der Waals surface area (Å²) in [5.74, 6) is 0.137. The van der Waals surface area contributed by atoms with Crippen LogP contribution in [0.2, 0.25) is 0 Å². The summed E-state index contributed by atoms with van der Waals surface area (Å²) in [6, 6.07) is 5.51. The lowest BCUT2D eigenvalue weighted by atomic mass is 9.88. The van der Waals surface area contributed by atoms with Crippen LogP contribution in [-0.4, -0.2) is 21.4 Å². The maximum Gasteiger partial charge on any atom is 0.227 e. The zero-order valence-corrected chi connectivity index (χ0v) is 13.6. The number of benzene rings is 1. The van der Waals surface area contributed by atoms with Crippen LogP contribution in [0.3, 0.4) is 0 Å². The van der Waals surface area contributed by atoms with E-state index in [9.17, 15) is 9.59 Å². The number of nitrogens with one attached hydrogen (secondary N) is 1. The Kier molecular flexibility index (Phi) is 4.69. The molecule has 0 radical (unpaired) electrons. The molecule has 1 aromatic heterocycles. The monoisotopic (exact) mass is 329 g/mol. The average Bonchev–Trinajstić information content (AvgIpc) is 2.88. The van der Waals surface area contributed by atoms with Crippen molar-refractivity contribution in [1.29, 1.82) is 0 Å². The molecule has 0 spiro atoms. The van der Waals surface area contributed by atoms with E-state index in [-0.39, 0.29) is 24.2 Å². The minimum Gasteiger partial charge on any atom is -0.370 e. The van der Waals surface area contributed by atoms with Crippen molar-refractivity contribution in [2.75, 3.05) is 11.1 Å². The van der Waals surface area contributed by atoms with Crippen LogP contribution in [-0.2, 0) is 16.1 Å². The first-order chi connectivity index (χ1) is 11.5. The quantitative estimate of drug-likeness (QED) is 0.778. The molecule has 1 heterocycles. The molecular weight excluding hydrogens is 306 g/mol. The van der Waals surface area contributed by atoms with Crippen LogP contribution in [0, 0.1) is 5.92 Å². The Morgan fingerprint density at radius 3 is 2.71 bits per heavy atom. The second-order valence-corrected chi connectivity index (χ2v) is 6.37. The van der Waals surface area contributed by atoms with Gasteiger partial charge in [-0.1, -0.05) is 19.3 Å². The van der Waals surface area contributed by atoms with Gasteiger partial charge in [0.05, 0.1) is 11.0 Å². The largest absolute Gasteiger partial charge is 0.370 e. The number of hydrogen-bond acceptors (Lipinski definition) is 4. The van der Waals surface area contributed by atoms with E-state index in [1.54, 1.807) is 4.57 Å². The van der Waals surface area contributed by atoms with Gasteiger partial charge in [-0.05, 0) is 31.0 Å². The number of carbonyl (C=O) groups is 2. The van der Waals surface area contributed by atoms with Crippen molar-refractivity contribution in [3.63, 3.8) is 0 Å². The first kappa shape index (κ1) is 16.3. The Labute approximate surface area is 140 Å². The number of fused-ring (bicyclic) bond motifs is 1. The second kappa shape index (κ2) is 6.90. The number of carbonyl (C=O) groups excluding carboxylic acids is 2. The number of nitrogen functional groups attached to an aromatic ring is 1. The SMILES string of the molecule is NC(=O)CCn1c(N)nc2cc(NC(=O)C3CCCCC3)ccc21. The fourth-order valence-corrected chi connectivity index (χ4v) is 3.29. The van der Waals surface area contributed by atoms with Crippen LogP contribution in [0.5, 0.6) is 0 Å². The standard InChI is InChI=1S/C17H23N5O2/c18-15(23)8-9-22-14-7-6-12(10-13(14)21-17(22)19)20-16(24)11-4-2-1-3-5-11/h6-7,10-11H,1-5,8-9H2,(H2,18,23)(H2,19,21)(H,20,24). The van der Waals surface area contributed by atoms with Gasteiger partial charge in [0.1, 0.15) is 0 Å². The van der Waals surface area contributed by atoms with Crippen molar-refractivity contribution < 1.29 is 9.59 Å². The van der Waals surface area contributed by atoms with Crippen LogP contribution in [0.1, 0.15) is 38.5 Å². The number of amides is 2. The fourth-order valence-electron chi connectivity index (χ4n) is 3.29. The van der Waals surface area contributed by atoms with Gasteiger partial charge in [0, 0.05) is 24.6 Å². The van der Waals surface area contributed by atoms with Crippen LogP contribution in [0.25, 0.3) is 11.0 Å².